The van der Waals surface area contributed by atoms with Crippen molar-refractivity contribution in [3.05, 3.63) is 65.9 Å². The Balaban J connectivity index is 1.97. The summed E-state index contributed by atoms with van der Waals surface area (Å²) in [6.07, 6.45) is 1.64. The van der Waals surface area contributed by atoms with Crippen LogP contribution in [-0.2, 0) is 9.59 Å². The van der Waals surface area contributed by atoms with Crippen LogP contribution in [0, 0.1) is 0 Å². The average molecular weight is 364 g/mol. The van der Waals surface area contributed by atoms with E-state index in [1.807, 2.05) is 68.4 Å². The van der Waals surface area contributed by atoms with Crippen molar-refractivity contribution < 1.29 is 14.3 Å². The first-order valence-electron chi connectivity index (χ1n) is 9.31. The van der Waals surface area contributed by atoms with Crippen LogP contribution in [0.3, 0.4) is 0 Å². The zero-order chi connectivity index (χ0) is 19.2. The number of carbonyl (C=O) groups excluding carboxylic acids is 2. The second kappa shape index (κ2) is 8.54. The van der Waals surface area contributed by atoms with Crippen LogP contribution in [0.2, 0.25) is 0 Å². The van der Waals surface area contributed by atoms with Gasteiger partial charge in [-0.25, -0.2) is 0 Å². The number of amides is 2. The Morgan fingerprint density at radius 1 is 0.889 bits per heavy atom. The molecule has 0 bridgehead atoms. The second-order valence-electron chi connectivity index (χ2n) is 6.38. The van der Waals surface area contributed by atoms with Crippen molar-refractivity contribution in [2.45, 2.75) is 26.7 Å². The van der Waals surface area contributed by atoms with E-state index < -0.39 is 0 Å². The van der Waals surface area contributed by atoms with Gasteiger partial charge in [0, 0.05) is 12.2 Å². The van der Waals surface area contributed by atoms with Gasteiger partial charge in [0.05, 0.1) is 12.2 Å². The molecule has 0 radical (unpaired) electrons. The molecule has 1 aliphatic rings. The fourth-order valence-electron chi connectivity index (χ4n) is 2.99. The number of anilines is 1. The zero-order valence-electron chi connectivity index (χ0n) is 15.7. The molecule has 140 valence electrons. The van der Waals surface area contributed by atoms with E-state index >= 15 is 0 Å². The molecular formula is C22H24N2O3. The van der Waals surface area contributed by atoms with Gasteiger partial charge in [-0.15, -0.1) is 0 Å². The highest BCUT2D eigenvalue weighted by Crippen LogP contribution is 2.31. The maximum Gasteiger partial charge on any atom is 0.278 e. The zero-order valence-corrected chi connectivity index (χ0v) is 15.7. The average Bonchev–Trinajstić information content (AvgIpc) is 2.92. The third kappa shape index (κ3) is 4.03. The van der Waals surface area contributed by atoms with E-state index in [1.165, 1.54) is 4.90 Å². The molecule has 2 aromatic carbocycles. The highest BCUT2D eigenvalue weighted by molar-refractivity contribution is 6.36. The lowest BCUT2D eigenvalue weighted by Crippen LogP contribution is -2.33. The van der Waals surface area contributed by atoms with E-state index in [0.29, 0.717) is 36.4 Å². The molecule has 27 heavy (non-hydrogen) atoms. The minimum atomic E-state index is -0.285. The normalized spacial score (nSPS) is 14.1. The summed E-state index contributed by atoms with van der Waals surface area (Å²) >= 11 is 0. The first-order valence-corrected chi connectivity index (χ1v) is 9.31. The van der Waals surface area contributed by atoms with Crippen molar-refractivity contribution in [2.75, 3.05) is 18.5 Å². The Hall–Kier alpha value is -3.08. The topological polar surface area (TPSA) is 58.6 Å². The summed E-state index contributed by atoms with van der Waals surface area (Å²) in [6.45, 7) is 5.04. The van der Waals surface area contributed by atoms with Gasteiger partial charge in [-0.2, -0.15) is 0 Å². The third-order valence-corrected chi connectivity index (χ3v) is 4.27. The molecule has 2 amide bonds. The molecule has 0 spiro atoms. The summed E-state index contributed by atoms with van der Waals surface area (Å²) in [6, 6.07) is 16.7. The number of imide groups is 1. The number of nitrogens with one attached hydrogen (secondary N) is 1. The van der Waals surface area contributed by atoms with Gasteiger partial charge < -0.3 is 10.1 Å². The SMILES string of the molecule is CCCOc1ccc(C2=C(Nc3ccccc3)C(=O)N(CCC)C2=O)cc1. The number of ether oxygens (including phenoxy) is 1. The van der Waals surface area contributed by atoms with Gasteiger partial charge in [0.25, 0.3) is 11.8 Å². The maximum atomic E-state index is 12.9. The quantitative estimate of drug-likeness (QED) is 0.717. The molecule has 0 aromatic heterocycles. The second-order valence-corrected chi connectivity index (χ2v) is 6.38. The smallest absolute Gasteiger partial charge is 0.278 e. The molecule has 0 aliphatic carbocycles. The van der Waals surface area contributed by atoms with E-state index in [0.717, 1.165) is 17.9 Å². The molecule has 5 heteroatoms. The molecular weight excluding hydrogens is 340 g/mol. The molecule has 3 rings (SSSR count). The van der Waals surface area contributed by atoms with Gasteiger partial charge in [-0.3, -0.25) is 14.5 Å². The monoisotopic (exact) mass is 364 g/mol. The first-order chi connectivity index (χ1) is 13.2. The van der Waals surface area contributed by atoms with E-state index in [9.17, 15) is 9.59 Å². The molecule has 5 nitrogen and oxygen atoms in total. The Morgan fingerprint density at radius 2 is 1.59 bits per heavy atom. The number of hydrogen-bond acceptors (Lipinski definition) is 4. The van der Waals surface area contributed by atoms with Crippen LogP contribution in [0.1, 0.15) is 32.3 Å². The fraction of sp³-hybridized carbons (Fsp3) is 0.273. The lowest BCUT2D eigenvalue weighted by Gasteiger charge is -2.13. The predicted octanol–water partition coefficient (Wildman–Crippen LogP) is 4.08. The summed E-state index contributed by atoms with van der Waals surface area (Å²) in [4.78, 5) is 27.1. The molecule has 1 aliphatic heterocycles. The number of carbonyl (C=O) groups is 2. The Morgan fingerprint density at radius 3 is 2.22 bits per heavy atom. The van der Waals surface area contributed by atoms with Crippen LogP contribution in [-0.4, -0.2) is 29.9 Å². The van der Waals surface area contributed by atoms with Gasteiger partial charge in [-0.1, -0.05) is 44.2 Å². The number of benzene rings is 2. The largest absolute Gasteiger partial charge is 0.494 e. The molecule has 0 atom stereocenters. The minimum Gasteiger partial charge on any atom is -0.494 e. The summed E-state index contributed by atoms with van der Waals surface area (Å²) in [5.41, 5.74) is 2.20. The number of para-hydroxylation sites is 1. The molecule has 1 N–H and O–H groups in total. The van der Waals surface area contributed by atoms with Crippen LogP contribution < -0.4 is 10.1 Å². The van der Waals surface area contributed by atoms with Crippen LogP contribution in [0.4, 0.5) is 5.69 Å². The Kier molecular flexibility index (Phi) is 5.91. The summed E-state index contributed by atoms with van der Waals surface area (Å²) in [7, 11) is 0. The van der Waals surface area contributed by atoms with Crippen LogP contribution in [0.5, 0.6) is 5.75 Å². The highest BCUT2D eigenvalue weighted by atomic mass is 16.5. The Labute approximate surface area is 159 Å². The van der Waals surface area contributed by atoms with Gasteiger partial charge in [0.1, 0.15) is 11.4 Å². The van der Waals surface area contributed by atoms with Gasteiger partial charge in [0.2, 0.25) is 0 Å². The third-order valence-electron chi connectivity index (χ3n) is 4.27. The van der Waals surface area contributed by atoms with Crippen molar-refractivity contribution in [3.8, 4) is 5.75 Å². The highest BCUT2D eigenvalue weighted by Gasteiger charge is 2.38. The van der Waals surface area contributed by atoms with Crippen LogP contribution in [0.25, 0.3) is 5.57 Å². The molecule has 0 saturated carbocycles. The maximum absolute atomic E-state index is 12.9. The molecule has 0 fully saturated rings. The van der Waals surface area contributed by atoms with Crippen molar-refractivity contribution in [1.29, 1.82) is 0 Å². The van der Waals surface area contributed by atoms with Crippen LogP contribution >= 0.6 is 0 Å². The van der Waals surface area contributed by atoms with Gasteiger partial charge in [0.15, 0.2) is 0 Å². The summed E-state index contributed by atoms with van der Waals surface area (Å²) < 4.78 is 5.61. The van der Waals surface area contributed by atoms with Crippen molar-refractivity contribution >= 4 is 23.1 Å². The fourth-order valence-corrected chi connectivity index (χ4v) is 2.99. The van der Waals surface area contributed by atoms with Crippen molar-refractivity contribution in [2.24, 2.45) is 0 Å². The summed E-state index contributed by atoms with van der Waals surface area (Å²) in [5.74, 6) is 0.204. The van der Waals surface area contributed by atoms with Crippen LogP contribution in [0.15, 0.2) is 60.3 Å². The van der Waals surface area contributed by atoms with E-state index in [1.54, 1.807) is 0 Å². The number of rotatable bonds is 8. The Bertz CT molecular complexity index is 842. The summed E-state index contributed by atoms with van der Waals surface area (Å²) in [5, 5.41) is 3.14. The lowest BCUT2D eigenvalue weighted by atomic mass is 10.0. The standard InChI is InChI=1S/C22H24N2O3/c1-3-14-24-21(25)19(16-10-12-18(13-11-16)27-15-4-2)20(22(24)26)23-17-8-6-5-7-9-17/h5-13,23H,3-4,14-15H2,1-2H3. The van der Waals surface area contributed by atoms with E-state index in [2.05, 4.69) is 5.32 Å². The number of hydrogen-bond donors (Lipinski definition) is 1. The van der Waals surface area contributed by atoms with E-state index in [-0.39, 0.29) is 11.8 Å². The first kappa shape index (κ1) is 18.7. The minimum absolute atomic E-state index is 0.262. The van der Waals surface area contributed by atoms with Crippen molar-refractivity contribution in [1.82, 2.24) is 4.90 Å². The lowest BCUT2D eigenvalue weighted by molar-refractivity contribution is -0.136. The predicted molar refractivity (Wildman–Crippen MR) is 106 cm³/mol. The van der Waals surface area contributed by atoms with Crippen molar-refractivity contribution in [3.63, 3.8) is 0 Å². The molecule has 2 aromatic rings. The van der Waals surface area contributed by atoms with E-state index in [4.69, 9.17) is 4.74 Å². The molecule has 0 unspecified atom stereocenters. The van der Waals surface area contributed by atoms with Gasteiger partial charge in [-0.05, 0) is 42.7 Å². The van der Waals surface area contributed by atoms with Gasteiger partial charge >= 0.3 is 0 Å². The number of nitrogens with zero attached hydrogens (tertiary/aromatic N) is 1. The molecule has 0 saturated heterocycles. The molecule has 1 heterocycles.